The smallest absolute Gasteiger partial charge is 0.337 e. The average Bonchev–Trinajstić information content (AvgIpc) is 2.78. The fourth-order valence-corrected chi connectivity index (χ4v) is 2.68. The van der Waals surface area contributed by atoms with Crippen LogP contribution in [-0.2, 0) is 22.7 Å². The number of ether oxygens (including phenoxy) is 1. The largest absolute Gasteiger partial charge is 0.465 e. The molecule has 7 heteroatoms. The molecule has 0 fully saturated rings. The molecule has 7 nitrogen and oxygen atoms in total. The molecule has 1 aromatic heterocycles. The lowest BCUT2D eigenvalue weighted by atomic mass is 10.1. The van der Waals surface area contributed by atoms with Crippen LogP contribution >= 0.6 is 0 Å². The maximum atomic E-state index is 12.5. The first-order chi connectivity index (χ1) is 14.2. The second-order valence-electron chi connectivity index (χ2n) is 6.17. The van der Waals surface area contributed by atoms with Crippen LogP contribution in [-0.4, -0.2) is 24.0 Å². The SMILES string of the molecule is COC(=O)c1cccc(CONC(=O)c2ccccc2NCc2ccncc2)c1. The summed E-state index contributed by atoms with van der Waals surface area (Å²) in [5.41, 5.74) is 5.81. The quantitative estimate of drug-likeness (QED) is 0.452. The van der Waals surface area contributed by atoms with Crippen molar-refractivity contribution >= 4 is 17.6 Å². The van der Waals surface area contributed by atoms with Crippen molar-refractivity contribution in [3.8, 4) is 0 Å². The number of nitrogens with one attached hydrogen (secondary N) is 2. The number of rotatable bonds is 8. The van der Waals surface area contributed by atoms with Gasteiger partial charge >= 0.3 is 5.97 Å². The van der Waals surface area contributed by atoms with Gasteiger partial charge in [-0.1, -0.05) is 24.3 Å². The number of carbonyl (C=O) groups excluding carboxylic acids is 2. The van der Waals surface area contributed by atoms with E-state index in [0.29, 0.717) is 23.4 Å². The topological polar surface area (TPSA) is 89.5 Å². The van der Waals surface area contributed by atoms with Crippen LogP contribution in [0.5, 0.6) is 0 Å². The van der Waals surface area contributed by atoms with Crippen LogP contribution in [0.3, 0.4) is 0 Å². The summed E-state index contributed by atoms with van der Waals surface area (Å²) in [5, 5.41) is 3.25. The number of methoxy groups -OCH3 is 1. The van der Waals surface area contributed by atoms with Crippen LogP contribution in [0.2, 0.25) is 0 Å². The van der Waals surface area contributed by atoms with E-state index in [9.17, 15) is 9.59 Å². The second kappa shape index (κ2) is 10.0. The summed E-state index contributed by atoms with van der Waals surface area (Å²) >= 11 is 0. The molecule has 0 radical (unpaired) electrons. The van der Waals surface area contributed by atoms with E-state index < -0.39 is 5.97 Å². The van der Waals surface area contributed by atoms with Crippen molar-refractivity contribution < 1.29 is 19.2 Å². The molecule has 3 aromatic rings. The Morgan fingerprint density at radius 2 is 1.76 bits per heavy atom. The predicted molar refractivity (Wildman–Crippen MR) is 108 cm³/mol. The minimum absolute atomic E-state index is 0.114. The van der Waals surface area contributed by atoms with Crippen molar-refractivity contribution in [2.24, 2.45) is 0 Å². The van der Waals surface area contributed by atoms with Gasteiger partial charge in [-0.2, -0.15) is 0 Å². The Hall–Kier alpha value is -3.71. The molecule has 2 N–H and O–H groups in total. The predicted octanol–water partition coefficient (Wildman–Crippen LogP) is 3.34. The normalized spacial score (nSPS) is 10.2. The number of hydroxylamine groups is 1. The highest BCUT2D eigenvalue weighted by molar-refractivity contribution is 5.99. The molecule has 0 aliphatic carbocycles. The standard InChI is InChI=1S/C22H21N3O4/c1-28-22(27)18-6-4-5-17(13-18)15-29-25-21(26)19-7-2-3-8-20(19)24-14-16-9-11-23-12-10-16/h2-13,24H,14-15H2,1H3,(H,25,26). The summed E-state index contributed by atoms with van der Waals surface area (Å²) in [6.07, 6.45) is 3.44. The first-order valence-corrected chi connectivity index (χ1v) is 8.98. The second-order valence-corrected chi connectivity index (χ2v) is 6.17. The number of pyridine rings is 1. The van der Waals surface area contributed by atoms with Gasteiger partial charge in [0.05, 0.1) is 24.8 Å². The van der Waals surface area contributed by atoms with Crippen LogP contribution in [0, 0.1) is 0 Å². The summed E-state index contributed by atoms with van der Waals surface area (Å²) < 4.78 is 4.70. The third-order valence-electron chi connectivity index (χ3n) is 4.16. The Bertz CT molecular complexity index is 977. The molecule has 0 saturated heterocycles. The number of hydrogen-bond acceptors (Lipinski definition) is 6. The minimum atomic E-state index is -0.426. The number of aromatic nitrogens is 1. The molecule has 3 rings (SSSR count). The summed E-state index contributed by atoms with van der Waals surface area (Å²) in [7, 11) is 1.33. The molecule has 0 unspecified atom stereocenters. The van der Waals surface area contributed by atoms with E-state index in [1.54, 1.807) is 48.8 Å². The molecule has 1 heterocycles. The summed E-state index contributed by atoms with van der Waals surface area (Å²) in [6.45, 7) is 0.678. The number of nitrogens with zero attached hydrogens (tertiary/aromatic N) is 1. The maximum Gasteiger partial charge on any atom is 0.337 e. The van der Waals surface area contributed by atoms with Gasteiger partial charge in [0, 0.05) is 24.6 Å². The lowest BCUT2D eigenvalue weighted by Gasteiger charge is -2.12. The summed E-state index contributed by atoms with van der Waals surface area (Å²) in [4.78, 5) is 33.4. The van der Waals surface area contributed by atoms with E-state index in [1.165, 1.54) is 7.11 Å². The van der Waals surface area contributed by atoms with Gasteiger partial charge in [-0.3, -0.25) is 14.6 Å². The Labute approximate surface area is 168 Å². The van der Waals surface area contributed by atoms with E-state index in [2.05, 4.69) is 15.8 Å². The van der Waals surface area contributed by atoms with Crippen LogP contribution in [0.25, 0.3) is 0 Å². The number of amides is 1. The number of para-hydroxylation sites is 1. The van der Waals surface area contributed by atoms with Crippen molar-refractivity contribution in [1.82, 2.24) is 10.5 Å². The van der Waals surface area contributed by atoms with Gasteiger partial charge in [0.1, 0.15) is 0 Å². The fraction of sp³-hybridized carbons (Fsp3) is 0.136. The van der Waals surface area contributed by atoms with Gasteiger partial charge in [0.25, 0.3) is 5.91 Å². The number of anilines is 1. The van der Waals surface area contributed by atoms with Gasteiger partial charge in [-0.25, -0.2) is 10.3 Å². The Balaban J connectivity index is 1.58. The average molecular weight is 391 g/mol. The molecule has 0 bridgehead atoms. The van der Waals surface area contributed by atoms with Crippen molar-refractivity contribution in [2.45, 2.75) is 13.2 Å². The van der Waals surface area contributed by atoms with Crippen molar-refractivity contribution in [2.75, 3.05) is 12.4 Å². The number of esters is 1. The third-order valence-corrected chi connectivity index (χ3v) is 4.16. The van der Waals surface area contributed by atoms with Crippen molar-refractivity contribution in [3.05, 3.63) is 95.3 Å². The van der Waals surface area contributed by atoms with E-state index in [1.807, 2.05) is 24.3 Å². The lowest BCUT2D eigenvalue weighted by Crippen LogP contribution is -2.24. The van der Waals surface area contributed by atoms with E-state index in [0.717, 1.165) is 11.1 Å². The Kier molecular flexibility index (Phi) is 6.91. The van der Waals surface area contributed by atoms with Gasteiger partial charge < -0.3 is 10.1 Å². The summed E-state index contributed by atoms with van der Waals surface area (Å²) in [5.74, 6) is -0.794. The van der Waals surface area contributed by atoms with Gasteiger partial charge in [-0.15, -0.1) is 0 Å². The molecule has 2 aromatic carbocycles. The highest BCUT2D eigenvalue weighted by Gasteiger charge is 2.11. The number of carbonyl (C=O) groups is 2. The monoisotopic (exact) mass is 391 g/mol. The fourth-order valence-electron chi connectivity index (χ4n) is 2.68. The van der Waals surface area contributed by atoms with Crippen LogP contribution in [0.1, 0.15) is 31.8 Å². The molecule has 0 spiro atoms. The van der Waals surface area contributed by atoms with E-state index in [-0.39, 0.29) is 12.5 Å². The van der Waals surface area contributed by atoms with E-state index in [4.69, 9.17) is 9.57 Å². The molecule has 29 heavy (non-hydrogen) atoms. The molecule has 148 valence electrons. The highest BCUT2D eigenvalue weighted by Crippen LogP contribution is 2.16. The molecule has 0 atom stereocenters. The van der Waals surface area contributed by atoms with Crippen LogP contribution < -0.4 is 10.8 Å². The van der Waals surface area contributed by atoms with Gasteiger partial charge in [0.15, 0.2) is 0 Å². The van der Waals surface area contributed by atoms with Crippen molar-refractivity contribution in [3.63, 3.8) is 0 Å². The maximum absolute atomic E-state index is 12.5. The van der Waals surface area contributed by atoms with Crippen LogP contribution in [0.4, 0.5) is 5.69 Å². The first kappa shape index (κ1) is 20.0. The minimum Gasteiger partial charge on any atom is -0.465 e. The van der Waals surface area contributed by atoms with Crippen LogP contribution in [0.15, 0.2) is 73.1 Å². The number of benzene rings is 2. The Morgan fingerprint density at radius 1 is 0.966 bits per heavy atom. The molecule has 0 aliphatic rings. The molecular weight excluding hydrogens is 370 g/mol. The number of hydrogen-bond donors (Lipinski definition) is 2. The zero-order valence-corrected chi connectivity index (χ0v) is 15.9. The molecule has 0 saturated carbocycles. The van der Waals surface area contributed by atoms with Gasteiger partial charge in [-0.05, 0) is 47.5 Å². The first-order valence-electron chi connectivity index (χ1n) is 8.98. The van der Waals surface area contributed by atoms with Crippen molar-refractivity contribution in [1.29, 1.82) is 0 Å². The molecular formula is C22H21N3O4. The lowest BCUT2D eigenvalue weighted by molar-refractivity contribution is 0.0233. The molecule has 0 aliphatic heterocycles. The van der Waals surface area contributed by atoms with E-state index >= 15 is 0 Å². The third kappa shape index (κ3) is 5.63. The van der Waals surface area contributed by atoms with Gasteiger partial charge in [0.2, 0.25) is 0 Å². The Morgan fingerprint density at radius 3 is 2.55 bits per heavy atom. The zero-order valence-electron chi connectivity index (χ0n) is 15.9. The zero-order chi connectivity index (χ0) is 20.5. The summed E-state index contributed by atoms with van der Waals surface area (Å²) in [6, 6.07) is 17.8. The highest BCUT2D eigenvalue weighted by atomic mass is 16.6. The molecule has 1 amide bonds.